The van der Waals surface area contributed by atoms with Crippen molar-refractivity contribution in [3.8, 4) is 0 Å². The van der Waals surface area contributed by atoms with E-state index in [0.717, 1.165) is 37.3 Å². The molecule has 0 radical (unpaired) electrons. The number of nitrogens with one attached hydrogen (secondary N) is 1. The van der Waals surface area contributed by atoms with Gasteiger partial charge in [-0.05, 0) is 39.8 Å². The van der Waals surface area contributed by atoms with Crippen molar-refractivity contribution in [3.63, 3.8) is 0 Å². The largest absolute Gasteiger partial charge is 0.461 e. The maximum absolute atomic E-state index is 12.6. The summed E-state index contributed by atoms with van der Waals surface area (Å²) >= 11 is 1.15. The van der Waals surface area contributed by atoms with Crippen molar-refractivity contribution in [3.05, 3.63) is 16.1 Å². The second-order valence-electron chi connectivity index (χ2n) is 4.83. The second-order valence-corrected chi connectivity index (χ2v) is 5.69. The van der Waals surface area contributed by atoms with E-state index in [1.807, 2.05) is 11.8 Å². The van der Waals surface area contributed by atoms with Gasteiger partial charge in [-0.15, -0.1) is 11.3 Å². The van der Waals surface area contributed by atoms with Crippen LogP contribution in [-0.2, 0) is 4.74 Å². The molecule has 0 atom stereocenters. The van der Waals surface area contributed by atoms with Crippen LogP contribution in [0.1, 0.15) is 47.0 Å². The quantitative estimate of drug-likeness (QED) is 0.835. The third kappa shape index (κ3) is 3.79. The lowest BCUT2D eigenvalue weighted by Crippen LogP contribution is -2.46. The summed E-state index contributed by atoms with van der Waals surface area (Å²) in [5.41, 5.74) is 0.337. The third-order valence-electron chi connectivity index (χ3n) is 3.52. The zero-order valence-electron chi connectivity index (χ0n) is 12.4. The van der Waals surface area contributed by atoms with Crippen molar-refractivity contribution in [2.75, 3.05) is 26.2 Å². The molecule has 1 aromatic rings. The molecule has 0 aliphatic carbocycles. The van der Waals surface area contributed by atoms with Gasteiger partial charge in [0, 0.05) is 18.0 Å². The smallest absolute Gasteiger partial charge is 0.367 e. The van der Waals surface area contributed by atoms with Gasteiger partial charge in [-0.1, -0.05) is 0 Å². The van der Waals surface area contributed by atoms with Crippen molar-refractivity contribution in [2.45, 2.75) is 32.7 Å². The number of ether oxygens (including phenoxy) is 1. The van der Waals surface area contributed by atoms with E-state index in [1.165, 1.54) is 0 Å². The molecule has 2 rings (SSSR count). The van der Waals surface area contributed by atoms with E-state index in [2.05, 4.69) is 10.3 Å². The highest BCUT2D eigenvalue weighted by molar-refractivity contribution is 7.11. The maximum atomic E-state index is 12.6. The lowest BCUT2D eigenvalue weighted by atomic mass is 10.0. The molecule has 0 bridgehead atoms. The Morgan fingerprint density at radius 2 is 2.14 bits per heavy atom. The molecular weight excluding hydrogens is 290 g/mol. The first-order valence-corrected chi connectivity index (χ1v) is 8.19. The average Bonchev–Trinajstić information content (AvgIpc) is 2.99. The maximum Gasteiger partial charge on any atom is 0.367 e. The molecule has 0 saturated carbocycles. The lowest BCUT2D eigenvalue weighted by Gasteiger charge is -2.33. The van der Waals surface area contributed by atoms with Crippen molar-refractivity contribution >= 4 is 23.2 Å². The number of thiazole rings is 1. The molecular formula is C14H21N3O3S. The fourth-order valence-electron chi connectivity index (χ4n) is 2.49. The van der Waals surface area contributed by atoms with Crippen molar-refractivity contribution in [2.24, 2.45) is 0 Å². The van der Waals surface area contributed by atoms with Crippen LogP contribution >= 0.6 is 11.3 Å². The van der Waals surface area contributed by atoms with Crippen LogP contribution in [0.2, 0.25) is 0 Å². The van der Waals surface area contributed by atoms with Gasteiger partial charge in [0.05, 0.1) is 6.61 Å². The number of hydrogen-bond acceptors (Lipinski definition) is 6. The van der Waals surface area contributed by atoms with Crippen molar-refractivity contribution in [1.29, 1.82) is 0 Å². The number of piperidine rings is 1. The molecule has 6 nitrogen and oxygen atoms in total. The van der Waals surface area contributed by atoms with Crippen LogP contribution in [0.25, 0.3) is 0 Å². The van der Waals surface area contributed by atoms with Gasteiger partial charge in [0.15, 0.2) is 0 Å². The van der Waals surface area contributed by atoms with Gasteiger partial charge >= 0.3 is 5.97 Å². The molecule has 1 aromatic heterocycles. The zero-order valence-corrected chi connectivity index (χ0v) is 13.2. The van der Waals surface area contributed by atoms with E-state index in [0.29, 0.717) is 18.8 Å². The molecule has 1 N–H and O–H groups in total. The summed E-state index contributed by atoms with van der Waals surface area (Å²) in [6, 6.07) is 0.247. The van der Waals surface area contributed by atoms with Gasteiger partial charge in [0.2, 0.25) is 5.01 Å². The van der Waals surface area contributed by atoms with E-state index >= 15 is 0 Å². The summed E-state index contributed by atoms with van der Waals surface area (Å²) in [6.07, 6.45) is 1.91. The third-order valence-corrected chi connectivity index (χ3v) is 4.35. The standard InChI is InChI=1S/C14H21N3O3S/c1-3-17(10-5-7-15-8-6-10)13(18)11-9-21-12(16-11)14(19)20-4-2/h9-10,15H,3-8H2,1-2H3. The Balaban J connectivity index is 2.08. The van der Waals surface area contributed by atoms with E-state index in [9.17, 15) is 9.59 Å². The highest BCUT2D eigenvalue weighted by atomic mass is 32.1. The molecule has 0 aromatic carbocycles. The normalized spacial score (nSPS) is 15.7. The summed E-state index contributed by atoms with van der Waals surface area (Å²) in [5.74, 6) is -0.567. The fraction of sp³-hybridized carbons (Fsp3) is 0.643. The number of carbonyl (C=O) groups excluding carboxylic acids is 2. The molecule has 21 heavy (non-hydrogen) atoms. The number of aromatic nitrogens is 1. The van der Waals surface area contributed by atoms with E-state index in [-0.39, 0.29) is 17.0 Å². The summed E-state index contributed by atoms with van der Waals surface area (Å²) in [7, 11) is 0. The summed E-state index contributed by atoms with van der Waals surface area (Å²) in [6.45, 7) is 6.53. The second kappa shape index (κ2) is 7.51. The zero-order chi connectivity index (χ0) is 15.2. The molecule has 1 saturated heterocycles. The van der Waals surface area contributed by atoms with Crippen molar-refractivity contribution < 1.29 is 14.3 Å². The van der Waals surface area contributed by atoms with Crippen LogP contribution in [0.15, 0.2) is 5.38 Å². The number of nitrogens with zero attached hydrogens (tertiary/aromatic N) is 2. The topological polar surface area (TPSA) is 71.5 Å². The number of esters is 1. The summed E-state index contributed by atoms with van der Waals surface area (Å²) in [5, 5.41) is 5.17. The number of rotatable bonds is 5. The highest BCUT2D eigenvalue weighted by Gasteiger charge is 2.27. The van der Waals surface area contributed by atoms with Crippen LogP contribution in [0, 0.1) is 0 Å². The van der Waals surface area contributed by atoms with Crippen LogP contribution in [0.4, 0.5) is 0 Å². The average molecular weight is 311 g/mol. The minimum absolute atomic E-state index is 0.101. The minimum atomic E-state index is -0.466. The Kier molecular flexibility index (Phi) is 5.69. The molecule has 2 heterocycles. The number of amides is 1. The lowest BCUT2D eigenvalue weighted by molar-refractivity contribution is 0.0525. The Bertz CT molecular complexity index is 497. The highest BCUT2D eigenvalue weighted by Crippen LogP contribution is 2.18. The SMILES string of the molecule is CCOC(=O)c1nc(C(=O)N(CC)C2CCNCC2)cs1. The number of carbonyl (C=O) groups is 2. The van der Waals surface area contributed by atoms with Gasteiger partial charge in [-0.25, -0.2) is 9.78 Å². The van der Waals surface area contributed by atoms with Gasteiger partial charge in [0.1, 0.15) is 5.69 Å². The molecule has 1 fully saturated rings. The van der Waals surface area contributed by atoms with E-state index in [4.69, 9.17) is 4.74 Å². The monoisotopic (exact) mass is 311 g/mol. The molecule has 1 amide bonds. The first-order chi connectivity index (χ1) is 10.2. The van der Waals surface area contributed by atoms with Crippen LogP contribution < -0.4 is 5.32 Å². The fourth-order valence-corrected chi connectivity index (χ4v) is 3.17. The Morgan fingerprint density at radius 1 is 1.43 bits per heavy atom. The van der Waals surface area contributed by atoms with Gasteiger partial charge in [-0.2, -0.15) is 0 Å². The number of hydrogen-bond donors (Lipinski definition) is 1. The Hall–Kier alpha value is -1.47. The molecule has 7 heteroatoms. The molecule has 0 unspecified atom stereocenters. The first-order valence-electron chi connectivity index (χ1n) is 7.31. The van der Waals surface area contributed by atoms with E-state index in [1.54, 1.807) is 12.3 Å². The Morgan fingerprint density at radius 3 is 2.76 bits per heavy atom. The molecule has 116 valence electrons. The predicted octanol–water partition coefficient (Wildman–Crippen LogP) is 1.53. The minimum Gasteiger partial charge on any atom is -0.461 e. The Labute approximate surface area is 128 Å². The van der Waals surface area contributed by atoms with Crippen LogP contribution in [0.5, 0.6) is 0 Å². The van der Waals surface area contributed by atoms with Gasteiger partial charge in [0.25, 0.3) is 5.91 Å². The van der Waals surface area contributed by atoms with Gasteiger partial charge in [-0.3, -0.25) is 4.79 Å². The van der Waals surface area contributed by atoms with Crippen LogP contribution in [-0.4, -0.2) is 54.0 Å². The van der Waals surface area contributed by atoms with Crippen LogP contribution in [0.3, 0.4) is 0 Å². The molecule has 1 aliphatic rings. The van der Waals surface area contributed by atoms with Gasteiger partial charge < -0.3 is 15.0 Å². The summed E-state index contributed by atoms with van der Waals surface area (Å²) < 4.78 is 4.90. The summed E-state index contributed by atoms with van der Waals surface area (Å²) in [4.78, 5) is 30.2. The molecule has 0 spiro atoms. The van der Waals surface area contributed by atoms with E-state index < -0.39 is 5.97 Å². The molecule has 1 aliphatic heterocycles. The van der Waals surface area contributed by atoms with Crippen molar-refractivity contribution in [1.82, 2.24) is 15.2 Å². The predicted molar refractivity (Wildman–Crippen MR) is 80.7 cm³/mol. The first kappa shape index (κ1) is 15.9.